The minimum Gasteiger partial charge on any atom is -0.493 e. The maximum Gasteiger partial charge on any atom is 0.243 e. The van der Waals surface area contributed by atoms with E-state index in [0.717, 1.165) is 6.42 Å². The lowest BCUT2D eigenvalue weighted by molar-refractivity contribution is 0.271. The number of nitrogens with zero attached hydrogens (tertiary/aromatic N) is 1. The van der Waals surface area contributed by atoms with Crippen LogP contribution in [0.4, 0.5) is 0 Å². The summed E-state index contributed by atoms with van der Waals surface area (Å²) in [5.41, 5.74) is 1.21. The molecule has 0 N–H and O–H groups in total. The minimum absolute atomic E-state index is 0.268. The van der Waals surface area contributed by atoms with Crippen LogP contribution in [0.15, 0.2) is 59.5 Å². The van der Waals surface area contributed by atoms with Crippen molar-refractivity contribution in [3.8, 4) is 5.75 Å². The Hall–Kier alpha value is -1.85. The third-order valence-corrected chi connectivity index (χ3v) is 6.35. The van der Waals surface area contributed by atoms with Crippen LogP contribution in [0.5, 0.6) is 5.75 Å². The summed E-state index contributed by atoms with van der Waals surface area (Å²) >= 11 is 0. The molecule has 0 aromatic heterocycles. The van der Waals surface area contributed by atoms with E-state index in [0.29, 0.717) is 36.3 Å². The molecule has 3 rings (SSSR count). The Balaban J connectivity index is 1.69. The summed E-state index contributed by atoms with van der Waals surface area (Å²) < 4.78 is 33.0. The first-order valence-electron chi connectivity index (χ1n) is 8.75. The molecule has 25 heavy (non-hydrogen) atoms. The molecule has 1 unspecified atom stereocenters. The summed E-state index contributed by atoms with van der Waals surface area (Å²) in [6.07, 6.45) is 0.860. The molecule has 1 atom stereocenters. The van der Waals surface area contributed by atoms with E-state index in [1.54, 1.807) is 28.6 Å². The van der Waals surface area contributed by atoms with Crippen molar-refractivity contribution in [1.82, 2.24) is 4.31 Å². The van der Waals surface area contributed by atoms with Crippen LogP contribution in [0, 0.1) is 5.92 Å². The highest BCUT2D eigenvalue weighted by molar-refractivity contribution is 7.89. The fourth-order valence-corrected chi connectivity index (χ4v) is 4.56. The van der Waals surface area contributed by atoms with Crippen molar-refractivity contribution < 1.29 is 13.2 Å². The van der Waals surface area contributed by atoms with E-state index < -0.39 is 10.0 Å². The van der Waals surface area contributed by atoms with E-state index in [9.17, 15) is 8.42 Å². The van der Waals surface area contributed by atoms with Crippen molar-refractivity contribution in [3.63, 3.8) is 0 Å². The van der Waals surface area contributed by atoms with Crippen molar-refractivity contribution in [3.05, 3.63) is 60.2 Å². The van der Waals surface area contributed by atoms with Crippen LogP contribution in [0.3, 0.4) is 0 Å². The number of sulfonamides is 1. The van der Waals surface area contributed by atoms with Crippen LogP contribution in [0.1, 0.15) is 31.7 Å². The first kappa shape index (κ1) is 18.0. The van der Waals surface area contributed by atoms with Gasteiger partial charge in [-0.05, 0) is 48.1 Å². The SMILES string of the molecule is CC(C)COc1ccc(S(=O)(=O)N2CCC(c3ccccc3)C2)cc1. The molecular formula is C20H25NO3S. The lowest BCUT2D eigenvalue weighted by Gasteiger charge is -2.17. The van der Waals surface area contributed by atoms with Gasteiger partial charge in [-0.2, -0.15) is 4.31 Å². The molecule has 134 valence electrons. The van der Waals surface area contributed by atoms with E-state index in [1.807, 2.05) is 18.2 Å². The van der Waals surface area contributed by atoms with Gasteiger partial charge in [0.15, 0.2) is 0 Å². The maximum atomic E-state index is 12.9. The third kappa shape index (κ3) is 4.22. The quantitative estimate of drug-likeness (QED) is 0.786. The highest BCUT2D eigenvalue weighted by Crippen LogP contribution is 2.31. The Morgan fingerprint density at radius 1 is 1.08 bits per heavy atom. The van der Waals surface area contributed by atoms with Crippen LogP contribution in [-0.2, 0) is 10.0 Å². The second kappa shape index (κ2) is 7.58. The van der Waals surface area contributed by atoms with Crippen molar-refractivity contribution in [2.24, 2.45) is 5.92 Å². The van der Waals surface area contributed by atoms with E-state index in [1.165, 1.54) is 5.56 Å². The second-order valence-electron chi connectivity index (χ2n) is 6.94. The lowest BCUT2D eigenvalue weighted by atomic mass is 9.99. The molecule has 1 heterocycles. The molecule has 1 aliphatic rings. The number of hydrogen-bond acceptors (Lipinski definition) is 3. The lowest BCUT2D eigenvalue weighted by Crippen LogP contribution is -2.28. The molecule has 1 fully saturated rings. The van der Waals surface area contributed by atoms with Gasteiger partial charge < -0.3 is 4.74 Å². The predicted molar refractivity (Wildman–Crippen MR) is 99.3 cm³/mol. The first-order chi connectivity index (χ1) is 12.0. The molecule has 1 aliphatic heterocycles. The second-order valence-corrected chi connectivity index (χ2v) is 8.87. The summed E-state index contributed by atoms with van der Waals surface area (Å²) in [5.74, 6) is 1.41. The fraction of sp³-hybridized carbons (Fsp3) is 0.400. The molecule has 2 aromatic rings. The Morgan fingerprint density at radius 3 is 2.40 bits per heavy atom. The van der Waals surface area contributed by atoms with Crippen molar-refractivity contribution in [2.45, 2.75) is 31.1 Å². The summed E-state index contributed by atoms with van der Waals surface area (Å²) in [7, 11) is -3.45. The number of benzene rings is 2. The first-order valence-corrected chi connectivity index (χ1v) is 10.2. The van der Waals surface area contributed by atoms with E-state index >= 15 is 0 Å². The van der Waals surface area contributed by atoms with Crippen LogP contribution < -0.4 is 4.74 Å². The smallest absolute Gasteiger partial charge is 0.243 e. The Bertz CT molecular complexity index is 785. The summed E-state index contributed by atoms with van der Waals surface area (Å²) in [4.78, 5) is 0.332. The maximum absolute atomic E-state index is 12.9. The molecule has 0 bridgehead atoms. The monoisotopic (exact) mass is 359 g/mol. The molecule has 5 heteroatoms. The third-order valence-electron chi connectivity index (χ3n) is 4.47. The van der Waals surface area contributed by atoms with Crippen LogP contribution in [0.25, 0.3) is 0 Å². The summed E-state index contributed by atoms with van der Waals surface area (Å²) in [5, 5.41) is 0. The summed E-state index contributed by atoms with van der Waals surface area (Å²) in [6.45, 7) is 5.88. The highest BCUT2D eigenvalue weighted by atomic mass is 32.2. The number of hydrogen-bond donors (Lipinski definition) is 0. The van der Waals surface area contributed by atoms with Crippen LogP contribution in [-0.4, -0.2) is 32.4 Å². The molecule has 4 nitrogen and oxygen atoms in total. The molecule has 0 saturated carbocycles. The van der Waals surface area contributed by atoms with Gasteiger partial charge >= 0.3 is 0 Å². The van der Waals surface area contributed by atoms with Gasteiger partial charge in [0, 0.05) is 13.1 Å². The molecule has 2 aromatic carbocycles. The topological polar surface area (TPSA) is 46.6 Å². The van der Waals surface area contributed by atoms with Gasteiger partial charge in [-0.25, -0.2) is 8.42 Å². The van der Waals surface area contributed by atoms with Crippen molar-refractivity contribution >= 4 is 10.0 Å². The predicted octanol–water partition coefficient (Wildman–Crippen LogP) is 3.90. The van der Waals surface area contributed by atoms with E-state index in [-0.39, 0.29) is 5.92 Å². The van der Waals surface area contributed by atoms with Gasteiger partial charge in [0.25, 0.3) is 0 Å². The largest absolute Gasteiger partial charge is 0.493 e. The van der Waals surface area contributed by atoms with Crippen LogP contribution >= 0.6 is 0 Å². The average molecular weight is 359 g/mol. The summed E-state index contributed by atoms with van der Waals surface area (Å²) in [6, 6.07) is 16.9. The zero-order valence-electron chi connectivity index (χ0n) is 14.8. The highest BCUT2D eigenvalue weighted by Gasteiger charge is 2.33. The van der Waals surface area contributed by atoms with Gasteiger partial charge in [0.2, 0.25) is 10.0 Å². The van der Waals surface area contributed by atoms with Crippen molar-refractivity contribution in [2.75, 3.05) is 19.7 Å². The van der Waals surface area contributed by atoms with Gasteiger partial charge in [-0.15, -0.1) is 0 Å². The van der Waals surface area contributed by atoms with Gasteiger partial charge in [-0.1, -0.05) is 44.2 Å². The van der Waals surface area contributed by atoms with E-state index in [2.05, 4.69) is 26.0 Å². The number of rotatable bonds is 6. The van der Waals surface area contributed by atoms with E-state index in [4.69, 9.17) is 4.74 Å². The Morgan fingerprint density at radius 2 is 1.76 bits per heavy atom. The van der Waals surface area contributed by atoms with Crippen molar-refractivity contribution in [1.29, 1.82) is 0 Å². The van der Waals surface area contributed by atoms with Crippen LogP contribution in [0.2, 0.25) is 0 Å². The zero-order valence-corrected chi connectivity index (χ0v) is 15.6. The molecule has 0 spiro atoms. The Labute approximate surface area is 150 Å². The molecule has 0 amide bonds. The molecule has 0 aliphatic carbocycles. The number of ether oxygens (including phenoxy) is 1. The zero-order chi connectivity index (χ0) is 17.9. The molecular weight excluding hydrogens is 334 g/mol. The standard InChI is InChI=1S/C20H25NO3S/c1-16(2)15-24-19-8-10-20(11-9-19)25(22,23)21-13-12-18(14-21)17-6-4-3-5-7-17/h3-11,16,18H,12-15H2,1-2H3. The molecule has 1 saturated heterocycles. The molecule has 0 radical (unpaired) electrons. The fourth-order valence-electron chi connectivity index (χ4n) is 3.06. The van der Waals surface area contributed by atoms with Gasteiger partial charge in [0.05, 0.1) is 11.5 Å². The average Bonchev–Trinajstić information content (AvgIpc) is 3.12. The Kier molecular flexibility index (Phi) is 5.45. The minimum atomic E-state index is -3.45. The van der Waals surface area contributed by atoms with Gasteiger partial charge in [-0.3, -0.25) is 0 Å². The van der Waals surface area contributed by atoms with Gasteiger partial charge in [0.1, 0.15) is 5.75 Å². The normalized spacial score (nSPS) is 18.6.